The van der Waals surface area contributed by atoms with E-state index in [9.17, 15) is 14.9 Å². The van der Waals surface area contributed by atoms with Crippen molar-refractivity contribution in [3.05, 3.63) is 70.4 Å². The molecule has 1 amide bonds. The van der Waals surface area contributed by atoms with Crippen molar-refractivity contribution in [2.45, 2.75) is 6.92 Å². The van der Waals surface area contributed by atoms with Crippen LogP contribution >= 0.6 is 0 Å². The highest BCUT2D eigenvalue weighted by molar-refractivity contribution is 6.02. The highest BCUT2D eigenvalue weighted by Crippen LogP contribution is 2.17. The van der Waals surface area contributed by atoms with Crippen LogP contribution in [0.5, 0.6) is 0 Å². The number of rotatable bonds is 4. The Morgan fingerprint density at radius 1 is 1.25 bits per heavy atom. The average Bonchev–Trinajstić information content (AvgIpc) is 3.01. The largest absolute Gasteiger partial charge is 0.320 e. The molecule has 2 aromatic heterocycles. The van der Waals surface area contributed by atoms with Crippen molar-refractivity contribution in [3.63, 3.8) is 0 Å². The van der Waals surface area contributed by atoms with Gasteiger partial charge in [-0.15, -0.1) is 10.2 Å². The summed E-state index contributed by atoms with van der Waals surface area (Å²) < 4.78 is 1.73. The van der Waals surface area contributed by atoms with E-state index in [1.54, 1.807) is 29.1 Å². The molecule has 0 radical (unpaired) electrons. The van der Waals surface area contributed by atoms with E-state index in [1.165, 1.54) is 24.3 Å². The van der Waals surface area contributed by atoms with Gasteiger partial charge in [0.1, 0.15) is 5.82 Å². The van der Waals surface area contributed by atoms with Crippen LogP contribution in [-0.4, -0.2) is 30.6 Å². The minimum Gasteiger partial charge on any atom is -0.320 e. The van der Waals surface area contributed by atoms with E-state index in [0.717, 1.165) is 5.82 Å². The minimum atomic E-state index is -0.530. The number of nitrogens with one attached hydrogen (secondary N) is 1. The molecule has 24 heavy (non-hydrogen) atoms. The number of aromatic nitrogens is 4. The maximum absolute atomic E-state index is 12.2. The van der Waals surface area contributed by atoms with Crippen molar-refractivity contribution < 1.29 is 9.72 Å². The molecule has 2 heterocycles. The second-order valence-corrected chi connectivity index (χ2v) is 4.88. The van der Waals surface area contributed by atoms with Crippen LogP contribution in [0.4, 0.5) is 11.4 Å². The third-order valence-corrected chi connectivity index (χ3v) is 3.27. The number of non-ortho nitro benzene ring substituents is 1. The topological polar surface area (TPSA) is 116 Å². The number of benzene rings is 1. The molecule has 0 fully saturated rings. The van der Waals surface area contributed by atoms with Gasteiger partial charge in [0.2, 0.25) is 0 Å². The molecule has 0 saturated carbocycles. The third-order valence-electron chi connectivity index (χ3n) is 3.27. The Morgan fingerprint density at radius 3 is 2.71 bits per heavy atom. The van der Waals surface area contributed by atoms with Gasteiger partial charge in [-0.2, -0.15) is 0 Å². The SMILES string of the molecule is Cc1nccn1-c1ccc(C(=O)Nc2cccc([N+](=O)[O-])c2)nn1. The Kier molecular flexibility index (Phi) is 3.98. The molecule has 3 aromatic rings. The number of anilines is 1. The summed E-state index contributed by atoms with van der Waals surface area (Å²) in [7, 11) is 0. The lowest BCUT2D eigenvalue weighted by molar-refractivity contribution is -0.384. The normalized spacial score (nSPS) is 10.4. The predicted octanol–water partition coefficient (Wildman–Crippen LogP) is 2.13. The van der Waals surface area contributed by atoms with Crippen LogP contribution in [0.2, 0.25) is 0 Å². The lowest BCUT2D eigenvalue weighted by Gasteiger charge is -2.06. The molecule has 9 nitrogen and oxygen atoms in total. The zero-order valence-electron chi connectivity index (χ0n) is 12.6. The lowest BCUT2D eigenvalue weighted by atomic mass is 10.2. The van der Waals surface area contributed by atoms with E-state index in [4.69, 9.17) is 0 Å². The quantitative estimate of drug-likeness (QED) is 0.580. The van der Waals surface area contributed by atoms with Gasteiger partial charge in [0.25, 0.3) is 11.6 Å². The Morgan fingerprint density at radius 2 is 2.08 bits per heavy atom. The highest BCUT2D eigenvalue weighted by atomic mass is 16.6. The summed E-state index contributed by atoms with van der Waals surface area (Å²) in [6.07, 6.45) is 3.38. The first-order valence-corrected chi connectivity index (χ1v) is 6.94. The minimum absolute atomic E-state index is 0.100. The zero-order valence-corrected chi connectivity index (χ0v) is 12.6. The van der Waals surface area contributed by atoms with Crippen LogP contribution < -0.4 is 5.32 Å². The molecule has 1 N–H and O–H groups in total. The zero-order chi connectivity index (χ0) is 17.1. The number of hydrogen-bond donors (Lipinski definition) is 1. The van der Waals surface area contributed by atoms with Gasteiger partial charge in [0.15, 0.2) is 11.5 Å². The smallest absolute Gasteiger partial charge is 0.276 e. The van der Waals surface area contributed by atoms with Gasteiger partial charge in [0, 0.05) is 30.2 Å². The van der Waals surface area contributed by atoms with E-state index < -0.39 is 10.8 Å². The highest BCUT2D eigenvalue weighted by Gasteiger charge is 2.12. The molecule has 0 aliphatic rings. The van der Waals surface area contributed by atoms with Crippen molar-refractivity contribution in [1.29, 1.82) is 0 Å². The van der Waals surface area contributed by atoms with Crippen LogP contribution in [-0.2, 0) is 0 Å². The van der Waals surface area contributed by atoms with Crippen LogP contribution in [0.15, 0.2) is 48.8 Å². The van der Waals surface area contributed by atoms with Gasteiger partial charge in [-0.3, -0.25) is 19.5 Å². The van der Waals surface area contributed by atoms with E-state index in [2.05, 4.69) is 20.5 Å². The van der Waals surface area contributed by atoms with Crippen molar-refractivity contribution in [2.75, 3.05) is 5.32 Å². The van der Waals surface area contributed by atoms with Gasteiger partial charge in [-0.1, -0.05) is 6.07 Å². The third kappa shape index (κ3) is 3.09. The van der Waals surface area contributed by atoms with E-state index >= 15 is 0 Å². The molecule has 0 saturated heterocycles. The van der Waals surface area contributed by atoms with Crippen molar-refractivity contribution >= 4 is 17.3 Å². The number of carbonyl (C=O) groups is 1. The average molecular weight is 324 g/mol. The fourth-order valence-electron chi connectivity index (χ4n) is 2.09. The number of nitro benzene ring substituents is 1. The van der Waals surface area contributed by atoms with Crippen LogP contribution in [0.1, 0.15) is 16.3 Å². The molecular weight excluding hydrogens is 312 g/mol. The number of carbonyl (C=O) groups excluding carboxylic acids is 1. The standard InChI is InChI=1S/C15H12N6O3/c1-10-16-7-8-20(10)14-6-5-13(18-19-14)15(22)17-11-3-2-4-12(9-11)21(23)24/h2-9H,1H3,(H,17,22). The molecule has 0 unspecified atom stereocenters. The summed E-state index contributed by atoms with van der Waals surface area (Å²) >= 11 is 0. The fourth-order valence-corrected chi connectivity index (χ4v) is 2.09. The van der Waals surface area contributed by atoms with Gasteiger partial charge in [-0.25, -0.2) is 4.98 Å². The molecule has 0 spiro atoms. The molecule has 1 aromatic carbocycles. The van der Waals surface area contributed by atoms with Crippen LogP contribution in [0, 0.1) is 17.0 Å². The summed E-state index contributed by atoms with van der Waals surface area (Å²) in [6, 6.07) is 8.83. The predicted molar refractivity (Wildman–Crippen MR) is 84.9 cm³/mol. The maximum atomic E-state index is 12.2. The molecule has 120 valence electrons. The molecule has 0 aliphatic carbocycles. The van der Waals surface area contributed by atoms with Gasteiger partial charge in [0.05, 0.1) is 4.92 Å². The summed E-state index contributed by atoms with van der Waals surface area (Å²) in [5, 5.41) is 21.2. The van der Waals surface area contributed by atoms with E-state index in [0.29, 0.717) is 11.5 Å². The van der Waals surface area contributed by atoms with Crippen LogP contribution in [0.3, 0.4) is 0 Å². The molecule has 3 rings (SSSR count). The van der Waals surface area contributed by atoms with E-state index in [1.807, 2.05) is 6.92 Å². The molecule has 0 bridgehead atoms. The van der Waals surface area contributed by atoms with Gasteiger partial charge < -0.3 is 5.32 Å². The van der Waals surface area contributed by atoms with E-state index in [-0.39, 0.29) is 11.4 Å². The molecular formula is C15H12N6O3. The summed E-state index contributed by atoms with van der Waals surface area (Å²) in [5.41, 5.74) is 0.304. The van der Waals surface area contributed by atoms with Gasteiger partial charge in [-0.05, 0) is 25.1 Å². The Labute approximate surface area is 136 Å². The fraction of sp³-hybridized carbons (Fsp3) is 0.0667. The monoisotopic (exact) mass is 324 g/mol. The number of hydrogen-bond acceptors (Lipinski definition) is 6. The van der Waals surface area contributed by atoms with Crippen LogP contribution in [0.25, 0.3) is 5.82 Å². The van der Waals surface area contributed by atoms with Gasteiger partial charge >= 0.3 is 0 Å². The number of nitro groups is 1. The number of amides is 1. The summed E-state index contributed by atoms with van der Waals surface area (Å²) in [5.74, 6) is 0.784. The first-order chi connectivity index (χ1) is 11.5. The maximum Gasteiger partial charge on any atom is 0.276 e. The summed E-state index contributed by atoms with van der Waals surface area (Å²) in [6.45, 7) is 1.82. The Bertz CT molecular complexity index is 904. The van der Waals surface area contributed by atoms with Crippen molar-refractivity contribution in [2.24, 2.45) is 0 Å². The number of imidazole rings is 1. The van der Waals surface area contributed by atoms with Crippen molar-refractivity contribution in [1.82, 2.24) is 19.7 Å². The molecule has 9 heteroatoms. The Hall–Kier alpha value is -3.62. The second-order valence-electron chi connectivity index (χ2n) is 4.88. The number of nitrogens with zero attached hydrogens (tertiary/aromatic N) is 5. The first kappa shape index (κ1) is 15.3. The summed E-state index contributed by atoms with van der Waals surface area (Å²) in [4.78, 5) is 26.5. The molecule has 0 atom stereocenters. The first-order valence-electron chi connectivity index (χ1n) is 6.94. The molecule has 0 aliphatic heterocycles. The second kappa shape index (κ2) is 6.24. The lowest BCUT2D eigenvalue weighted by Crippen LogP contribution is -2.15. The number of aryl methyl sites for hydroxylation is 1. The van der Waals surface area contributed by atoms with Crippen molar-refractivity contribution in [3.8, 4) is 5.82 Å². The Balaban J connectivity index is 1.77.